The molecule has 0 fully saturated rings. The smallest absolute Gasteiger partial charge is 0.126 e. The van der Waals surface area contributed by atoms with Crippen LogP contribution in [0.3, 0.4) is 0 Å². The van der Waals surface area contributed by atoms with Crippen molar-refractivity contribution >= 4 is 0 Å². The number of halogens is 1. The second kappa shape index (κ2) is 4.91. The molecule has 0 heterocycles. The standard InChI is InChI=1S/C17H17FO2/c1-20-14-7-6-12-8-9-17(19,15(12)10-14)11-13-4-2-3-5-16(13)18/h2-7,10,19H,8-9,11H2,1H3. The number of rotatable bonds is 3. The average molecular weight is 272 g/mol. The van der Waals surface area contributed by atoms with Gasteiger partial charge in [0.1, 0.15) is 11.6 Å². The molecule has 3 rings (SSSR count). The maximum absolute atomic E-state index is 13.8. The topological polar surface area (TPSA) is 29.5 Å². The fourth-order valence-corrected chi connectivity index (χ4v) is 2.95. The Morgan fingerprint density at radius 2 is 2.05 bits per heavy atom. The third-order valence-corrected chi connectivity index (χ3v) is 4.07. The Hall–Kier alpha value is -1.87. The molecule has 0 saturated carbocycles. The van der Waals surface area contributed by atoms with Gasteiger partial charge >= 0.3 is 0 Å². The van der Waals surface area contributed by atoms with Gasteiger partial charge in [-0.2, -0.15) is 0 Å². The number of ether oxygens (including phenoxy) is 1. The first-order chi connectivity index (χ1) is 9.62. The molecule has 0 amide bonds. The molecule has 1 aliphatic carbocycles. The molecule has 1 atom stereocenters. The third-order valence-electron chi connectivity index (χ3n) is 4.07. The Bertz CT molecular complexity index is 639. The van der Waals surface area contributed by atoms with Crippen LogP contribution in [-0.4, -0.2) is 12.2 Å². The molecule has 0 spiro atoms. The zero-order chi connectivity index (χ0) is 14.2. The first-order valence-corrected chi connectivity index (χ1v) is 6.75. The van der Waals surface area contributed by atoms with Crippen LogP contribution >= 0.6 is 0 Å². The molecule has 0 aliphatic heterocycles. The summed E-state index contributed by atoms with van der Waals surface area (Å²) < 4.78 is 19.0. The first kappa shape index (κ1) is 13.1. The summed E-state index contributed by atoms with van der Waals surface area (Å²) in [5.41, 5.74) is 1.52. The second-order valence-electron chi connectivity index (χ2n) is 5.32. The van der Waals surface area contributed by atoms with E-state index in [0.717, 1.165) is 23.3 Å². The zero-order valence-corrected chi connectivity index (χ0v) is 11.4. The summed E-state index contributed by atoms with van der Waals surface area (Å²) in [6.45, 7) is 0. The van der Waals surface area contributed by atoms with E-state index in [2.05, 4.69) is 0 Å². The van der Waals surface area contributed by atoms with Crippen LogP contribution in [-0.2, 0) is 18.4 Å². The van der Waals surface area contributed by atoms with Gasteiger partial charge in [-0.15, -0.1) is 0 Å². The summed E-state index contributed by atoms with van der Waals surface area (Å²) in [5.74, 6) is 0.454. The maximum atomic E-state index is 13.8. The SMILES string of the molecule is COc1ccc2c(c1)C(O)(Cc1ccccc1F)CC2. The number of aryl methyl sites for hydroxylation is 1. The molecular formula is C17H17FO2. The van der Waals surface area contributed by atoms with Crippen LogP contribution in [0.1, 0.15) is 23.1 Å². The van der Waals surface area contributed by atoms with Gasteiger partial charge in [0, 0.05) is 6.42 Å². The minimum Gasteiger partial charge on any atom is -0.497 e. The average Bonchev–Trinajstić information content (AvgIpc) is 2.78. The van der Waals surface area contributed by atoms with Gasteiger partial charge < -0.3 is 9.84 Å². The van der Waals surface area contributed by atoms with Gasteiger partial charge in [0.25, 0.3) is 0 Å². The molecule has 1 unspecified atom stereocenters. The van der Waals surface area contributed by atoms with Crippen LogP contribution in [0.25, 0.3) is 0 Å². The minimum atomic E-state index is -1.01. The Labute approximate surface area is 117 Å². The molecule has 0 aromatic heterocycles. The van der Waals surface area contributed by atoms with E-state index in [0.29, 0.717) is 18.4 Å². The van der Waals surface area contributed by atoms with E-state index < -0.39 is 5.60 Å². The summed E-state index contributed by atoms with van der Waals surface area (Å²) in [6, 6.07) is 12.4. The molecule has 0 bridgehead atoms. The van der Waals surface area contributed by atoms with Crippen molar-refractivity contribution in [2.75, 3.05) is 7.11 Å². The Morgan fingerprint density at radius 1 is 1.25 bits per heavy atom. The molecular weight excluding hydrogens is 255 g/mol. The third kappa shape index (κ3) is 2.18. The van der Waals surface area contributed by atoms with E-state index in [4.69, 9.17) is 4.74 Å². The molecule has 1 N–H and O–H groups in total. The fourth-order valence-electron chi connectivity index (χ4n) is 2.95. The van der Waals surface area contributed by atoms with Crippen molar-refractivity contribution in [3.63, 3.8) is 0 Å². The second-order valence-corrected chi connectivity index (χ2v) is 5.32. The molecule has 104 valence electrons. The number of benzene rings is 2. The Morgan fingerprint density at radius 3 is 2.80 bits per heavy atom. The van der Waals surface area contributed by atoms with Crippen LogP contribution in [0.15, 0.2) is 42.5 Å². The predicted octanol–water partition coefficient (Wildman–Crippen LogP) is 3.21. The van der Waals surface area contributed by atoms with Crippen molar-refractivity contribution in [2.24, 2.45) is 0 Å². The van der Waals surface area contributed by atoms with Crippen molar-refractivity contribution in [2.45, 2.75) is 24.9 Å². The normalized spacial score (nSPS) is 20.8. The summed E-state index contributed by atoms with van der Waals surface area (Å²) >= 11 is 0. The summed E-state index contributed by atoms with van der Waals surface area (Å²) in [7, 11) is 1.60. The van der Waals surface area contributed by atoms with Gasteiger partial charge in [0.05, 0.1) is 12.7 Å². The van der Waals surface area contributed by atoms with Gasteiger partial charge in [-0.3, -0.25) is 0 Å². The number of hydrogen-bond acceptors (Lipinski definition) is 2. The van der Waals surface area contributed by atoms with E-state index in [1.807, 2.05) is 18.2 Å². The van der Waals surface area contributed by atoms with Crippen LogP contribution < -0.4 is 4.74 Å². The van der Waals surface area contributed by atoms with Gasteiger partial charge in [0.2, 0.25) is 0 Å². The highest BCUT2D eigenvalue weighted by Gasteiger charge is 2.37. The number of methoxy groups -OCH3 is 1. The largest absolute Gasteiger partial charge is 0.497 e. The summed E-state index contributed by atoms with van der Waals surface area (Å²) in [5, 5.41) is 10.9. The Kier molecular flexibility index (Phi) is 3.22. The highest BCUT2D eigenvalue weighted by atomic mass is 19.1. The fraction of sp³-hybridized carbons (Fsp3) is 0.294. The van der Waals surface area contributed by atoms with Gasteiger partial charge in [-0.1, -0.05) is 24.3 Å². The molecule has 2 nitrogen and oxygen atoms in total. The predicted molar refractivity (Wildman–Crippen MR) is 75.3 cm³/mol. The van der Waals surface area contributed by atoms with Crippen molar-refractivity contribution in [1.29, 1.82) is 0 Å². The lowest BCUT2D eigenvalue weighted by Gasteiger charge is -2.24. The number of hydrogen-bond donors (Lipinski definition) is 1. The van der Waals surface area contributed by atoms with Crippen molar-refractivity contribution in [3.05, 3.63) is 65.0 Å². The molecule has 1 aliphatic rings. The van der Waals surface area contributed by atoms with E-state index in [-0.39, 0.29) is 5.82 Å². The molecule has 2 aromatic carbocycles. The molecule has 3 heteroatoms. The van der Waals surface area contributed by atoms with E-state index in [9.17, 15) is 9.50 Å². The lowest BCUT2D eigenvalue weighted by Crippen LogP contribution is -2.26. The van der Waals surface area contributed by atoms with Crippen molar-refractivity contribution in [1.82, 2.24) is 0 Å². The van der Waals surface area contributed by atoms with E-state index in [1.54, 1.807) is 25.3 Å². The maximum Gasteiger partial charge on any atom is 0.126 e. The van der Waals surface area contributed by atoms with Gasteiger partial charge in [-0.05, 0) is 47.7 Å². The molecule has 20 heavy (non-hydrogen) atoms. The van der Waals surface area contributed by atoms with Crippen molar-refractivity contribution in [3.8, 4) is 5.75 Å². The van der Waals surface area contributed by atoms with Crippen molar-refractivity contribution < 1.29 is 14.2 Å². The molecule has 0 saturated heterocycles. The highest BCUT2D eigenvalue weighted by molar-refractivity contribution is 5.43. The molecule has 0 radical (unpaired) electrons. The monoisotopic (exact) mass is 272 g/mol. The quantitative estimate of drug-likeness (QED) is 0.929. The van der Waals surface area contributed by atoms with Crippen LogP contribution in [0.4, 0.5) is 4.39 Å². The van der Waals surface area contributed by atoms with E-state index in [1.165, 1.54) is 6.07 Å². The minimum absolute atomic E-state index is 0.266. The first-order valence-electron chi connectivity index (χ1n) is 6.75. The van der Waals surface area contributed by atoms with Gasteiger partial charge in [-0.25, -0.2) is 4.39 Å². The number of aliphatic hydroxyl groups is 1. The Balaban J connectivity index is 1.98. The van der Waals surface area contributed by atoms with Gasteiger partial charge in [0.15, 0.2) is 0 Å². The lowest BCUT2D eigenvalue weighted by molar-refractivity contribution is 0.0379. The summed E-state index contributed by atoms with van der Waals surface area (Å²) in [6.07, 6.45) is 1.72. The summed E-state index contributed by atoms with van der Waals surface area (Å²) in [4.78, 5) is 0. The van der Waals surface area contributed by atoms with Crippen LogP contribution in [0.2, 0.25) is 0 Å². The zero-order valence-electron chi connectivity index (χ0n) is 11.4. The van der Waals surface area contributed by atoms with E-state index >= 15 is 0 Å². The lowest BCUT2D eigenvalue weighted by atomic mass is 9.88. The highest BCUT2D eigenvalue weighted by Crippen LogP contribution is 2.41. The van der Waals surface area contributed by atoms with Crippen LogP contribution in [0, 0.1) is 5.82 Å². The van der Waals surface area contributed by atoms with Crippen LogP contribution in [0.5, 0.6) is 5.75 Å². The molecule has 2 aromatic rings. The number of fused-ring (bicyclic) bond motifs is 1.